The number of amides is 2. The van der Waals surface area contributed by atoms with Crippen molar-refractivity contribution in [1.29, 1.82) is 0 Å². The maximum Gasteiger partial charge on any atom is 0.236 e. The summed E-state index contributed by atoms with van der Waals surface area (Å²) in [4.78, 5) is 30.4. The number of hydrogen-bond donors (Lipinski definition) is 0. The molecule has 2 fully saturated rings. The molecule has 0 spiro atoms. The first-order valence-corrected chi connectivity index (χ1v) is 8.72. The Balaban J connectivity index is 1.44. The van der Waals surface area contributed by atoms with Gasteiger partial charge in [-0.25, -0.2) is 4.39 Å². The van der Waals surface area contributed by atoms with Gasteiger partial charge in [0.2, 0.25) is 11.8 Å². The van der Waals surface area contributed by atoms with Gasteiger partial charge in [-0.1, -0.05) is 12.1 Å². The number of halogens is 1. The first-order valence-electron chi connectivity index (χ1n) is 8.72. The molecule has 2 heterocycles. The van der Waals surface area contributed by atoms with E-state index >= 15 is 0 Å². The van der Waals surface area contributed by atoms with Gasteiger partial charge in [0.05, 0.1) is 26.2 Å². The summed E-state index contributed by atoms with van der Waals surface area (Å²) in [6, 6.07) is 6.12. The van der Waals surface area contributed by atoms with Gasteiger partial charge in [-0.2, -0.15) is 0 Å². The summed E-state index contributed by atoms with van der Waals surface area (Å²) in [7, 11) is 0. The Bertz CT molecular complexity index is 611. The van der Waals surface area contributed by atoms with Gasteiger partial charge in [0, 0.05) is 39.3 Å². The Morgan fingerprint density at radius 1 is 0.960 bits per heavy atom. The van der Waals surface area contributed by atoms with E-state index in [-0.39, 0.29) is 24.1 Å². The van der Waals surface area contributed by atoms with Gasteiger partial charge in [0.1, 0.15) is 5.82 Å². The molecule has 6 nitrogen and oxygen atoms in total. The van der Waals surface area contributed by atoms with Gasteiger partial charge in [-0.3, -0.25) is 14.5 Å². The summed E-state index contributed by atoms with van der Waals surface area (Å²) in [6.07, 6.45) is 0.194. The number of rotatable bonds is 4. The van der Waals surface area contributed by atoms with Crippen LogP contribution in [0.2, 0.25) is 0 Å². The van der Waals surface area contributed by atoms with E-state index < -0.39 is 0 Å². The van der Waals surface area contributed by atoms with E-state index in [0.717, 1.165) is 13.1 Å². The molecule has 0 bridgehead atoms. The number of piperazine rings is 1. The van der Waals surface area contributed by atoms with Gasteiger partial charge in [0.15, 0.2) is 0 Å². The predicted molar refractivity (Wildman–Crippen MR) is 90.5 cm³/mol. The molecule has 25 heavy (non-hydrogen) atoms. The number of carbonyl (C=O) groups excluding carboxylic acids is 2. The van der Waals surface area contributed by atoms with Crippen LogP contribution in [0.1, 0.15) is 5.56 Å². The van der Waals surface area contributed by atoms with Crippen LogP contribution in [0.4, 0.5) is 4.39 Å². The molecule has 2 amide bonds. The van der Waals surface area contributed by atoms with Gasteiger partial charge in [-0.05, 0) is 17.7 Å². The maximum atomic E-state index is 13.2. The van der Waals surface area contributed by atoms with Gasteiger partial charge >= 0.3 is 0 Å². The highest BCUT2D eigenvalue weighted by molar-refractivity contribution is 5.80. The van der Waals surface area contributed by atoms with Crippen LogP contribution >= 0.6 is 0 Å². The molecule has 7 heteroatoms. The molecule has 0 unspecified atom stereocenters. The van der Waals surface area contributed by atoms with Crippen LogP contribution in [0, 0.1) is 5.82 Å². The lowest BCUT2D eigenvalue weighted by molar-refractivity contribution is -0.140. The quantitative estimate of drug-likeness (QED) is 0.788. The third-order valence-electron chi connectivity index (χ3n) is 4.69. The second-order valence-corrected chi connectivity index (χ2v) is 6.46. The van der Waals surface area contributed by atoms with Crippen LogP contribution in [-0.2, 0) is 20.7 Å². The van der Waals surface area contributed by atoms with Crippen molar-refractivity contribution in [2.75, 3.05) is 59.0 Å². The molecule has 1 aromatic carbocycles. The van der Waals surface area contributed by atoms with E-state index in [1.165, 1.54) is 12.1 Å². The largest absolute Gasteiger partial charge is 0.379 e. The Morgan fingerprint density at radius 3 is 2.24 bits per heavy atom. The first-order chi connectivity index (χ1) is 12.1. The van der Waals surface area contributed by atoms with E-state index in [4.69, 9.17) is 4.74 Å². The van der Waals surface area contributed by atoms with Crippen molar-refractivity contribution in [2.45, 2.75) is 6.42 Å². The Labute approximate surface area is 147 Å². The number of morpholine rings is 1. The normalized spacial score (nSPS) is 19.1. The first kappa shape index (κ1) is 17.8. The van der Waals surface area contributed by atoms with Crippen molar-refractivity contribution in [3.8, 4) is 0 Å². The van der Waals surface area contributed by atoms with E-state index in [1.54, 1.807) is 17.0 Å². The molecule has 0 atom stereocenters. The zero-order valence-electron chi connectivity index (χ0n) is 14.3. The molecule has 2 saturated heterocycles. The number of nitrogens with zero attached hydrogens (tertiary/aromatic N) is 3. The average Bonchev–Trinajstić information content (AvgIpc) is 2.62. The molecular weight excluding hydrogens is 325 g/mol. The average molecular weight is 349 g/mol. The SMILES string of the molecule is O=C(Cc1cccc(F)c1)N1CCN(C(=O)CN2CCOCC2)CC1. The van der Waals surface area contributed by atoms with Crippen molar-refractivity contribution in [2.24, 2.45) is 0 Å². The zero-order valence-corrected chi connectivity index (χ0v) is 14.3. The summed E-state index contributed by atoms with van der Waals surface area (Å²) in [5, 5.41) is 0. The summed E-state index contributed by atoms with van der Waals surface area (Å²) in [5.74, 6) is -0.242. The number of carbonyl (C=O) groups is 2. The van der Waals surface area contributed by atoms with Crippen LogP contribution in [0.15, 0.2) is 24.3 Å². The Hall–Kier alpha value is -1.99. The molecule has 0 saturated carbocycles. The van der Waals surface area contributed by atoms with Gasteiger partial charge in [0.25, 0.3) is 0 Å². The lowest BCUT2D eigenvalue weighted by Crippen LogP contribution is -2.53. The molecule has 2 aliphatic rings. The van der Waals surface area contributed by atoms with Crippen LogP contribution < -0.4 is 0 Å². The zero-order chi connectivity index (χ0) is 17.6. The van der Waals surface area contributed by atoms with E-state index in [2.05, 4.69) is 4.90 Å². The van der Waals surface area contributed by atoms with Crippen molar-refractivity contribution >= 4 is 11.8 Å². The van der Waals surface area contributed by atoms with Gasteiger partial charge in [-0.15, -0.1) is 0 Å². The standard InChI is InChI=1S/C18H24FN3O3/c19-16-3-1-2-15(12-16)13-17(23)21-4-6-22(7-5-21)18(24)14-20-8-10-25-11-9-20/h1-3,12H,4-11,13-14H2. The second kappa shape index (κ2) is 8.40. The monoisotopic (exact) mass is 349 g/mol. The van der Waals surface area contributed by atoms with Gasteiger partial charge < -0.3 is 14.5 Å². The highest BCUT2D eigenvalue weighted by Crippen LogP contribution is 2.09. The highest BCUT2D eigenvalue weighted by atomic mass is 19.1. The molecule has 3 rings (SSSR count). The molecule has 136 valence electrons. The minimum absolute atomic E-state index is 0.0223. The highest BCUT2D eigenvalue weighted by Gasteiger charge is 2.25. The molecule has 1 aromatic rings. The topological polar surface area (TPSA) is 53.1 Å². The van der Waals surface area contributed by atoms with E-state index in [9.17, 15) is 14.0 Å². The Kier molecular flexibility index (Phi) is 5.99. The number of hydrogen-bond acceptors (Lipinski definition) is 4. The van der Waals surface area contributed by atoms with E-state index in [0.29, 0.717) is 51.5 Å². The predicted octanol–water partition coefficient (Wildman–Crippen LogP) is 0.371. The van der Waals surface area contributed by atoms with Crippen LogP contribution in [0.3, 0.4) is 0 Å². The molecule has 0 aromatic heterocycles. The van der Waals surface area contributed by atoms with Crippen LogP contribution in [0.25, 0.3) is 0 Å². The van der Waals surface area contributed by atoms with Crippen molar-refractivity contribution < 1.29 is 18.7 Å². The fraction of sp³-hybridized carbons (Fsp3) is 0.556. The maximum absolute atomic E-state index is 13.2. The Morgan fingerprint density at radius 2 is 1.60 bits per heavy atom. The minimum atomic E-state index is -0.330. The third kappa shape index (κ3) is 4.99. The van der Waals surface area contributed by atoms with Crippen molar-refractivity contribution in [3.63, 3.8) is 0 Å². The van der Waals surface area contributed by atoms with Crippen LogP contribution in [-0.4, -0.2) is 85.5 Å². The lowest BCUT2D eigenvalue weighted by atomic mass is 10.1. The summed E-state index contributed by atoms with van der Waals surface area (Å²) < 4.78 is 18.5. The van der Waals surface area contributed by atoms with Crippen LogP contribution in [0.5, 0.6) is 0 Å². The fourth-order valence-corrected chi connectivity index (χ4v) is 3.19. The smallest absolute Gasteiger partial charge is 0.236 e. The van der Waals surface area contributed by atoms with Crippen molar-refractivity contribution in [1.82, 2.24) is 14.7 Å². The number of ether oxygens (including phenoxy) is 1. The molecule has 0 aliphatic carbocycles. The minimum Gasteiger partial charge on any atom is -0.379 e. The number of benzene rings is 1. The molecule has 0 N–H and O–H groups in total. The summed E-state index contributed by atoms with van der Waals surface area (Å²) >= 11 is 0. The molecule has 0 radical (unpaired) electrons. The molecule has 2 aliphatic heterocycles. The summed E-state index contributed by atoms with van der Waals surface area (Å²) in [5.41, 5.74) is 0.677. The second-order valence-electron chi connectivity index (χ2n) is 6.46. The van der Waals surface area contributed by atoms with Crippen molar-refractivity contribution in [3.05, 3.63) is 35.6 Å². The summed E-state index contributed by atoms with van der Waals surface area (Å²) in [6.45, 7) is 5.52. The van der Waals surface area contributed by atoms with E-state index in [1.807, 2.05) is 4.90 Å². The fourth-order valence-electron chi connectivity index (χ4n) is 3.19. The third-order valence-corrected chi connectivity index (χ3v) is 4.69. The lowest BCUT2D eigenvalue weighted by Gasteiger charge is -2.36. The molecular formula is C18H24FN3O3.